The zero-order valence-electron chi connectivity index (χ0n) is 21.2. The number of nitrogens with zero attached hydrogens (tertiary/aromatic N) is 2. The van der Waals surface area contributed by atoms with Crippen molar-refractivity contribution >= 4 is 23.6 Å². The highest BCUT2D eigenvalue weighted by molar-refractivity contribution is 6.05. The van der Waals surface area contributed by atoms with Crippen molar-refractivity contribution in [1.29, 1.82) is 0 Å². The maximum atomic E-state index is 13.5. The van der Waals surface area contributed by atoms with E-state index in [4.69, 9.17) is 4.74 Å². The molecule has 1 fully saturated rings. The van der Waals surface area contributed by atoms with Gasteiger partial charge in [0.05, 0.1) is 18.9 Å². The lowest BCUT2D eigenvalue weighted by Crippen LogP contribution is -2.51. The van der Waals surface area contributed by atoms with Crippen LogP contribution < -0.4 is 10.1 Å². The average molecular weight is 484 g/mol. The van der Waals surface area contributed by atoms with Crippen LogP contribution >= 0.6 is 0 Å². The number of allylic oxidation sites excluding steroid dienone is 2. The van der Waals surface area contributed by atoms with Crippen LogP contribution in [0.1, 0.15) is 58.4 Å². The summed E-state index contributed by atoms with van der Waals surface area (Å²) < 4.78 is 5.31. The molecule has 4 atom stereocenters. The number of likely N-dealkylation sites (tertiary alicyclic amines) is 1. The molecule has 1 saturated heterocycles. The van der Waals surface area contributed by atoms with Crippen molar-refractivity contribution in [3.05, 3.63) is 42.0 Å². The standard InChI is InChI=1S/C27H37N3O5/c1-5-18(3)28-25(32)23(6-2)30(17-19-10-9-11-20(16-19)35-4)24(31)14-15-29-26(33)21-12-7-8-13-22(21)27(29)34/h7-11,16,18,21-23H,5-6,12-15,17H2,1-4H3,(H,28,32)/t18-,21-,22+,23+/m0/s1. The molecule has 1 aliphatic heterocycles. The Morgan fingerprint density at radius 2 is 1.77 bits per heavy atom. The van der Waals surface area contributed by atoms with E-state index in [2.05, 4.69) is 5.32 Å². The van der Waals surface area contributed by atoms with E-state index in [-0.39, 0.29) is 61.0 Å². The molecule has 0 aromatic heterocycles. The summed E-state index contributed by atoms with van der Waals surface area (Å²) in [6, 6.07) is 6.70. The fourth-order valence-electron chi connectivity index (χ4n) is 4.77. The second-order valence-electron chi connectivity index (χ2n) is 9.35. The predicted octanol–water partition coefficient (Wildman–Crippen LogP) is 3.06. The molecule has 1 heterocycles. The summed E-state index contributed by atoms with van der Waals surface area (Å²) >= 11 is 0. The Bertz CT molecular complexity index is 949. The lowest BCUT2D eigenvalue weighted by Gasteiger charge is -2.32. The quantitative estimate of drug-likeness (QED) is 0.386. The van der Waals surface area contributed by atoms with E-state index in [1.165, 1.54) is 4.90 Å². The van der Waals surface area contributed by atoms with E-state index in [1.54, 1.807) is 12.0 Å². The van der Waals surface area contributed by atoms with Crippen LogP contribution in [0.5, 0.6) is 5.75 Å². The molecule has 0 unspecified atom stereocenters. The SMILES string of the molecule is CC[C@H](C(=O)N[C@@H](C)CC)N(Cc1cccc(OC)c1)C(=O)CCN1C(=O)[C@H]2CC=CC[C@H]2C1=O. The minimum atomic E-state index is -0.667. The van der Waals surface area contributed by atoms with Gasteiger partial charge in [0.15, 0.2) is 0 Å². The highest BCUT2D eigenvalue weighted by atomic mass is 16.5. The number of ether oxygens (including phenoxy) is 1. The van der Waals surface area contributed by atoms with E-state index in [0.29, 0.717) is 25.0 Å². The van der Waals surface area contributed by atoms with Crippen LogP contribution in [-0.2, 0) is 25.7 Å². The van der Waals surface area contributed by atoms with Gasteiger partial charge in [-0.05, 0) is 50.3 Å². The zero-order valence-corrected chi connectivity index (χ0v) is 21.2. The Balaban J connectivity index is 1.77. The summed E-state index contributed by atoms with van der Waals surface area (Å²) in [4.78, 5) is 55.0. The number of fused-ring (bicyclic) bond motifs is 1. The van der Waals surface area contributed by atoms with Gasteiger partial charge >= 0.3 is 0 Å². The summed E-state index contributed by atoms with van der Waals surface area (Å²) in [6.45, 7) is 6.04. The second kappa shape index (κ2) is 12.0. The third kappa shape index (κ3) is 6.10. The molecule has 1 aromatic carbocycles. The number of benzene rings is 1. The second-order valence-corrected chi connectivity index (χ2v) is 9.35. The van der Waals surface area contributed by atoms with E-state index < -0.39 is 6.04 Å². The molecular formula is C27H37N3O5. The van der Waals surface area contributed by atoms with Crippen LogP contribution in [0.2, 0.25) is 0 Å². The number of hydrogen-bond donors (Lipinski definition) is 1. The molecule has 4 amide bonds. The first-order valence-corrected chi connectivity index (χ1v) is 12.5. The van der Waals surface area contributed by atoms with Gasteiger partial charge in [0.25, 0.3) is 0 Å². The van der Waals surface area contributed by atoms with Crippen molar-refractivity contribution in [3.8, 4) is 5.75 Å². The van der Waals surface area contributed by atoms with Gasteiger partial charge in [-0.3, -0.25) is 24.1 Å². The maximum Gasteiger partial charge on any atom is 0.243 e. The Morgan fingerprint density at radius 3 is 2.34 bits per heavy atom. The highest BCUT2D eigenvalue weighted by Gasteiger charge is 2.47. The average Bonchev–Trinajstić information content (AvgIpc) is 3.11. The number of carbonyl (C=O) groups is 4. The summed E-state index contributed by atoms with van der Waals surface area (Å²) in [5.41, 5.74) is 0.831. The van der Waals surface area contributed by atoms with Gasteiger partial charge in [0.1, 0.15) is 11.8 Å². The summed E-state index contributed by atoms with van der Waals surface area (Å²) in [7, 11) is 1.58. The Labute approximate surface area is 207 Å². The lowest BCUT2D eigenvalue weighted by atomic mass is 9.85. The molecule has 1 aliphatic carbocycles. The minimum absolute atomic E-state index is 0.0119. The van der Waals surface area contributed by atoms with E-state index in [9.17, 15) is 19.2 Å². The number of amides is 4. The number of carbonyl (C=O) groups excluding carboxylic acids is 4. The number of nitrogens with one attached hydrogen (secondary N) is 1. The smallest absolute Gasteiger partial charge is 0.243 e. The van der Waals surface area contributed by atoms with Gasteiger partial charge in [-0.25, -0.2) is 0 Å². The van der Waals surface area contributed by atoms with Crippen molar-refractivity contribution in [2.24, 2.45) is 11.8 Å². The fourth-order valence-corrected chi connectivity index (χ4v) is 4.77. The van der Waals surface area contributed by atoms with E-state index in [0.717, 1.165) is 12.0 Å². The van der Waals surface area contributed by atoms with Gasteiger partial charge in [-0.15, -0.1) is 0 Å². The molecule has 0 spiro atoms. The van der Waals surface area contributed by atoms with Crippen molar-refractivity contribution in [2.45, 2.75) is 71.5 Å². The molecule has 1 N–H and O–H groups in total. The first-order valence-electron chi connectivity index (χ1n) is 12.5. The Kier molecular flexibility index (Phi) is 9.07. The predicted molar refractivity (Wildman–Crippen MR) is 132 cm³/mol. The van der Waals surface area contributed by atoms with Gasteiger partial charge < -0.3 is 15.0 Å². The topological polar surface area (TPSA) is 96.0 Å². The van der Waals surface area contributed by atoms with Crippen LogP contribution in [0, 0.1) is 11.8 Å². The minimum Gasteiger partial charge on any atom is -0.497 e. The molecule has 8 heteroatoms. The van der Waals surface area contributed by atoms with Gasteiger partial charge in [0.2, 0.25) is 23.6 Å². The van der Waals surface area contributed by atoms with Gasteiger partial charge in [-0.2, -0.15) is 0 Å². The van der Waals surface area contributed by atoms with Crippen LogP contribution in [0.3, 0.4) is 0 Å². The molecule has 8 nitrogen and oxygen atoms in total. The fraction of sp³-hybridized carbons (Fsp3) is 0.556. The highest BCUT2D eigenvalue weighted by Crippen LogP contribution is 2.35. The molecule has 190 valence electrons. The monoisotopic (exact) mass is 483 g/mol. The van der Waals surface area contributed by atoms with Crippen LogP contribution in [0.4, 0.5) is 0 Å². The van der Waals surface area contributed by atoms with Crippen LogP contribution in [-0.4, -0.2) is 59.2 Å². The first kappa shape index (κ1) is 26.4. The number of rotatable bonds is 11. The molecule has 3 rings (SSSR count). The molecule has 1 aromatic rings. The summed E-state index contributed by atoms with van der Waals surface area (Å²) in [6.07, 6.45) is 6.21. The molecule has 0 saturated carbocycles. The molecule has 35 heavy (non-hydrogen) atoms. The van der Waals surface area contributed by atoms with Crippen molar-refractivity contribution in [1.82, 2.24) is 15.1 Å². The number of imide groups is 1. The third-order valence-corrected chi connectivity index (χ3v) is 7.02. The molecular weight excluding hydrogens is 446 g/mol. The summed E-state index contributed by atoms with van der Waals surface area (Å²) in [5, 5.41) is 2.99. The zero-order chi connectivity index (χ0) is 25.5. The normalized spacial score (nSPS) is 20.9. The Morgan fingerprint density at radius 1 is 1.11 bits per heavy atom. The molecule has 0 bridgehead atoms. The van der Waals surface area contributed by atoms with Crippen LogP contribution in [0.25, 0.3) is 0 Å². The maximum absolute atomic E-state index is 13.5. The van der Waals surface area contributed by atoms with Gasteiger partial charge in [-0.1, -0.05) is 38.1 Å². The number of hydrogen-bond acceptors (Lipinski definition) is 5. The molecule has 0 radical (unpaired) electrons. The largest absolute Gasteiger partial charge is 0.497 e. The number of methoxy groups -OCH3 is 1. The van der Waals surface area contributed by atoms with Crippen LogP contribution in [0.15, 0.2) is 36.4 Å². The van der Waals surface area contributed by atoms with Crippen molar-refractivity contribution in [3.63, 3.8) is 0 Å². The lowest BCUT2D eigenvalue weighted by molar-refractivity contribution is -0.144. The van der Waals surface area contributed by atoms with E-state index >= 15 is 0 Å². The molecule has 2 aliphatic rings. The Hall–Kier alpha value is -3.16. The summed E-state index contributed by atoms with van der Waals surface area (Å²) in [5.74, 6) is -0.843. The van der Waals surface area contributed by atoms with E-state index in [1.807, 2.05) is 57.2 Å². The van der Waals surface area contributed by atoms with Crippen molar-refractivity contribution < 1.29 is 23.9 Å². The van der Waals surface area contributed by atoms with Crippen molar-refractivity contribution in [2.75, 3.05) is 13.7 Å². The van der Waals surface area contributed by atoms with Gasteiger partial charge in [0, 0.05) is 25.6 Å². The third-order valence-electron chi connectivity index (χ3n) is 7.02. The first-order chi connectivity index (χ1) is 16.8.